The first-order valence-electron chi connectivity index (χ1n) is 10.3. The molecule has 0 aliphatic carbocycles. The predicted octanol–water partition coefficient (Wildman–Crippen LogP) is 2.87. The van der Waals surface area contributed by atoms with Crippen molar-refractivity contribution in [3.8, 4) is 17.2 Å². The Balaban J connectivity index is 1.66. The third-order valence-electron chi connectivity index (χ3n) is 5.45. The Labute approximate surface area is 173 Å². The number of aromatic hydroxyl groups is 1. The molecule has 3 rings (SSSR count). The molecular weight excluding hydrogens is 368 g/mol. The molecule has 0 saturated carbocycles. The van der Waals surface area contributed by atoms with Crippen LogP contribution in [0.1, 0.15) is 24.5 Å². The standard InChI is InChI=1S/C23H32N2O4/c1-3-29-22-7-5-4-6-19(22)16-25-12-11-24(17-20(25)10-13-26)15-18-8-9-23(28-2)21(27)14-18/h4-9,14,20,26-27H,3,10-13,15-17H2,1-2H3/t20-/m1/s1. The molecule has 0 radical (unpaired) electrons. The first kappa shape index (κ1) is 21.4. The number of methoxy groups -OCH3 is 1. The van der Waals surface area contributed by atoms with Crippen LogP contribution in [0.4, 0.5) is 0 Å². The molecule has 6 nitrogen and oxygen atoms in total. The van der Waals surface area contributed by atoms with E-state index < -0.39 is 0 Å². The van der Waals surface area contributed by atoms with Crippen molar-refractivity contribution < 1.29 is 19.7 Å². The van der Waals surface area contributed by atoms with Gasteiger partial charge in [0.15, 0.2) is 11.5 Å². The number of phenols is 1. The second kappa shape index (κ2) is 10.5. The van der Waals surface area contributed by atoms with Crippen molar-refractivity contribution >= 4 is 0 Å². The lowest BCUT2D eigenvalue weighted by Crippen LogP contribution is -2.52. The highest BCUT2D eigenvalue weighted by Gasteiger charge is 2.27. The van der Waals surface area contributed by atoms with Gasteiger partial charge in [-0.1, -0.05) is 24.3 Å². The average Bonchev–Trinajstić information content (AvgIpc) is 2.72. The van der Waals surface area contributed by atoms with E-state index in [2.05, 4.69) is 15.9 Å². The maximum atomic E-state index is 10.0. The number of para-hydroxylation sites is 1. The molecule has 1 atom stereocenters. The van der Waals surface area contributed by atoms with Gasteiger partial charge >= 0.3 is 0 Å². The number of hydrogen-bond acceptors (Lipinski definition) is 6. The van der Waals surface area contributed by atoms with Crippen molar-refractivity contribution in [2.24, 2.45) is 0 Å². The molecule has 1 fully saturated rings. The van der Waals surface area contributed by atoms with Crippen LogP contribution in [0, 0.1) is 0 Å². The van der Waals surface area contributed by atoms with Crippen molar-refractivity contribution in [3.63, 3.8) is 0 Å². The minimum Gasteiger partial charge on any atom is -0.504 e. The SMILES string of the molecule is CCOc1ccccc1CN1CCN(Cc2ccc(OC)c(O)c2)C[C@H]1CCO. The molecule has 0 bridgehead atoms. The summed E-state index contributed by atoms with van der Waals surface area (Å²) < 4.78 is 10.9. The Morgan fingerprint density at radius 2 is 1.90 bits per heavy atom. The van der Waals surface area contributed by atoms with Gasteiger partial charge in [-0.3, -0.25) is 9.80 Å². The second-order valence-electron chi connectivity index (χ2n) is 7.42. The summed E-state index contributed by atoms with van der Waals surface area (Å²) in [5.41, 5.74) is 2.24. The maximum Gasteiger partial charge on any atom is 0.160 e. The number of aliphatic hydroxyl groups excluding tert-OH is 1. The van der Waals surface area contributed by atoms with E-state index in [4.69, 9.17) is 9.47 Å². The van der Waals surface area contributed by atoms with E-state index in [1.165, 1.54) is 5.56 Å². The quantitative estimate of drug-likeness (QED) is 0.675. The van der Waals surface area contributed by atoms with E-state index in [1.807, 2.05) is 31.2 Å². The topological polar surface area (TPSA) is 65.4 Å². The van der Waals surface area contributed by atoms with Crippen LogP contribution < -0.4 is 9.47 Å². The van der Waals surface area contributed by atoms with Crippen molar-refractivity contribution in [3.05, 3.63) is 53.6 Å². The van der Waals surface area contributed by atoms with E-state index in [1.54, 1.807) is 19.2 Å². The van der Waals surface area contributed by atoms with E-state index in [-0.39, 0.29) is 18.4 Å². The molecule has 6 heteroatoms. The van der Waals surface area contributed by atoms with Gasteiger partial charge in [-0.15, -0.1) is 0 Å². The van der Waals surface area contributed by atoms with Crippen molar-refractivity contribution in [1.82, 2.24) is 9.80 Å². The second-order valence-corrected chi connectivity index (χ2v) is 7.42. The number of nitrogens with zero attached hydrogens (tertiary/aromatic N) is 2. The number of aliphatic hydroxyl groups is 1. The number of rotatable bonds is 9. The molecule has 2 N–H and O–H groups in total. The Morgan fingerprint density at radius 1 is 1.07 bits per heavy atom. The van der Waals surface area contributed by atoms with Crippen LogP contribution in [0.3, 0.4) is 0 Å². The molecular formula is C23H32N2O4. The van der Waals surface area contributed by atoms with Crippen LogP contribution >= 0.6 is 0 Å². The first-order chi connectivity index (χ1) is 14.1. The van der Waals surface area contributed by atoms with Gasteiger partial charge in [0, 0.05) is 50.9 Å². The van der Waals surface area contributed by atoms with E-state index in [0.717, 1.165) is 50.5 Å². The number of benzene rings is 2. The number of ether oxygens (including phenoxy) is 2. The summed E-state index contributed by atoms with van der Waals surface area (Å²) in [4.78, 5) is 4.82. The summed E-state index contributed by atoms with van der Waals surface area (Å²) in [5, 5.41) is 19.6. The molecule has 2 aromatic rings. The molecule has 158 valence electrons. The molecule has 1 saturated heterocycles. The summed E-state index contributed by atoms with van der Waals surface area (Å²) in [6, 6.07) is 14.0. The summed E-state index contributed by atoms with van der Waals surface area (Å²) in [7, 11) is 1.55. The molecule has 0 unspecified atom stereocenters. The van der Waals surface area contributed by atoms with Gasteiger partial charge < -0.3 is 19.7 Å². The van der Waals surface area contributed by atoms with Crippen molar-refractivity contribution in [2.45, 2.75) is 32.5 Å². The van der Waals surface area contributed by atoms with Crippen LogP contribution in [0.25, 0.3) is 0 Å². The fraction of sp³-hybridized carbons (Fsp3) is 0.478. The average molecular weight is 401 g/mol. The zero-order valence-electron chi connectivity index (χ0n) is 17.4. The third kappa shape index (κ3) is 5.63. The highest BCUT2D eigenvalue weighted by Crippen LogP contribution is 2.28. The zero-order chi connectivity index (χ0) is 20.6. The van der Waals surface area contributed by atoms with Gasteiger partial charge in [-0.25, -0.2) is 0 Å². The van der Waals surface area contributed by atoms with Crippen LogP contribution in [-0.2, 0) is 13.1 Å². The molecule has 0 aromatic heterocycles. The highest BCUT2D eigenvalue weighted by molar-refractivity contribution is 5.41. The number of phenolic OH excluding ortho intramolecular Hbond substituents is 1. The third-order valence-corrected chi connectivity index (χ3v) is 5.45. The van der Waals surface area contributed by atoms with E-state index in [9.17, 15) is 10.2 Å². The van der Waals surface area contributed by atoms with Crippen molar-refractivity contribution in [2.75, 3.05) is 40.0 Å². The first-order valence-corrected chi connectivity index (χ1v) is 10.3. The fourth-order valence-corrected chi connectivity index (χ4v) is 3.97. The van der Waals surface area contributed by atoms with Gasteiger partial charge in [-0.05, 0) is 37.1 Å². The van der Waals surface area contributed by atoms with Gasteiger partial charge in [-0.2, -0.15) is 0 Å². The Morgan fingerprint density at radius 3 is 2.62 bits per heavy atom. The van der Waals surface area contributed by atoms with E-state index >= 15 is 0 Å². The monoisotopic (exact) mass is 400 g/mol. The Hall–Kier alpha value is -2.28. The molecule has 1 aliphatic heterocycles. The van der Waals surface area contributed by atoms with Crippen LogP contribution in [-0.4, -0.2) is 66.0 Å². The predicted molar refractivity (Wildman–Crippen MR) is 113 cm³/mol. The molecule has 2 aromatic carbocycles. The van der Waals surface area contributed by atoms with Gasteiger partial charge in [0.05, 0.1) is 13.7 Å². The summed E-state index contributed by atoms with van der Waals surface area (Å²) in [6.45, 7) is 7.15. The van der Waals surface area contributed by atoms with Crippen LogP contribution in [0.5, 0.6) is 17.2 Å². The molecule has 0 amide bonds. The van der Waals surface area contributed by atoms with Crippen LogP contribution in [0.15, 0.2) is 42.5 Å². The van der Waals surface area contributed by atoms with Gasteiger partial charge in [0.2, 0.25) is 0 Å². The zero-order valence-corrected chi connectivity index (χ0v) is 17.4. The Bertz CT molecular complexity index is 783. The largest absolute Gasteiger partial charge is 0.504 e. The fourth-order valence-electron chi connectivity index (χ4n) is 3.97. The lowest BCUT2D eigenvalue weighted by atomic mass is 10.1. The van der Waals surface area contributed by atoms with Crippen LogP contribution in [0.2, 0.25) is 0 Å². The lowest BCUT2D eigenvalue weighted by molar-refractivity contribution is 0.0494. The smallest absolute Gasteiger partial charge is 0.160 e. The molecule has 1 heterocycles. The number of hydrogen-bond donors (Lipinski definition) is 2. The summed E-state index contributed by atoms with van der Waals surface area (Å²) in [5.74, 6) is 1.60. The van der Waals surface area contributed by atoms with Gasteiger partial charge in [0.1, 0.15) is 5.75 Å². The maximum absolute atomic E-state index is 10.0. The highest BCUT2D eigenvalue weighted by atomic mass is 16.5. The van der Waals surface area contributed by atoms with Gasteiger partial charge in [0.25, 0.3) is 0 Å². The molecule has 29 heavy (non-hydrogen) atoms. The summed E-state index contributed by atoms with van der Waals surface area (Å²) in [6.07, 6.45) is 0.737. The molecule has 0 spiro atoms. The minimum atomic E-state index is 0.170. The lowest BCUT2D eigenvalue weighted by Gasteiger charge is -2.41. The summed E-state index contributed by atoms with van der Waals surface area (Å²) >= 11 is 0. The van der Waals surface area contributed by atoms with E-state index in [0.29, 0.717) is 12.4 Å². The Kier molecular flexibility index (Phi) is 7.75. The number of piperazine rings is 1. The minimum absolute atomic E-state index is 0.170. The van der Waals surface area contributed by atoms with Crippen molar-refractivity contribution in [1.29, 1.82) is 0 Å². The molecule has 1 aliphatic rings. The normalized spacial score (nSPS) is 18.0.